The summed E-state index contributed by atoms with van der Waals surface area (Å²) in [6, 6.07) is 3.81. The molecule has 1 aromatic carbocycles. The normalized spacial score (nSPS) is 13.6. The van der Waals surface area contributed by atoms with Crippen LogP contribution < -0.4 is 14.9 Å². The van der Waals surface area contributed by atoms with Crippen LogP contribution >= 0.6 is 0 Å². The van der Waals surface area contributed by atoms with Gasteiger partial charge in [-0.1, -0.05) is 0 Å². The van der Waals surface area contributed by atoms with Crippen LogP contribution in [0.2, 0.25) is 0 Å². The minimum Gasteiger partial charge on any atom is -0.486 e. The number of amides is 1. The van der Waals surface area contributed by atoms with Crippen LogP contribution in [0.1, 0.15) is 11.1 Å². The Labute approximate surface area is 107 Å². The first kappa shape index (κ1) is 12.7. The lowest BCUT2D eigenvalue weighted by atomic mass is 10.0. The molecule has 1 heterocycles. The predicted molar refractivity (Wildman–Crippen MR) is 67.7 cm³/mol. The number of hydrogen-bond donors (Lipinski definition) is 1. The van der Waals surface area contributed by atoms with Crippen LogP contribution in [-0.2, 0) is 11.2 Å². The second-order valence-electron chi connectivity index (χ2n) is 4.53. The third-order valence-electron chi connectivity index (χ3n) is 2.70. The molecule has 0 atom stereocenters. The summed E-state index contributed by atoms with van der Waals surface area (Å²) in [6.45, 7) is 3.10. The molecule has 2 rings (SSSR count). The summed E-state index contributed by atoms with van der Waals surface area (Å²) in [4.78, 5) is 11.7. The van der Waals surface area contributed by atoms with E-state index in [1.165, 1.54) is 0 Å². The lowest BCUT2D eigenvalue weighted by molar-refractivity contribution is -0.124. The molecule has 0 aliphatic carbocycles. The van der Waals surface area contributed by atoms with Crippen molar-refractivity contribution in [2.45, 2.75) is 13.3 Å². The van der Waals surface area contributed by atoms with E-state index >= 15 is 0 Å². The van der Waals surface area contributed by atoms with Crippen molar-refractivity contribution < 1.29 is 14.3 Å². The molecule has 1 N–H and O–H groups in total. The van der Waals surface area contributed by atoms with Crippen molar-refractivity contribution in [2.24, 2.45) is 0 Å². The van der Waals surface area contributed by atoms with Gasteiger partial charge in [0.1, 0.15) is 13.2 Å². The van der Waals surface area contributed by atoms with Gasteiger partial charge in [0.2, 0.25) is 5.91 Å². The van der Waals surface area contributed by atoms with Crippen LogP contribution in [-0.4, -0.2) is 38.2 Å². The van der Waals surface area contributed by atoms with Crippen LogP contribution in [0.15, 0.2) is 12.1 Å². The zero-order valence-electron chi connectivity index (χ0n) is 10.9. The number of carbonyl (C=O) groups is 1. The number of nitrogens with zero attached hydrogens (tertiary/aromatic N) is 1. The molecule has 0 saturated heterocycles. The molecule has 18 heavy (non-hydrogen) atoms. The molecule has 1 aliphatic rings. The van der Waals surface area contributed by atoms with Crippen LogP contribution in [0.4, 0.5) is 0 Å². The number of carbonyl (C=O) groups excluding carboxylic acids is 1. The summed E-state index contributed by atoms with van der Waals surface area (Å²) in [5.74, 6) is 1.44. The fraction of sp³-hybridized carbons (Fsp3) is 0.462. The molecule has 1 aliphatic heterocycles. The molecule has 1 aromatic rings. The minimum absolute atomic E-state index is 0.0419. The largest absolute Gasteiger partial charge is 0.486 e. The SMILES string of the molecule is Cc1cc2c(cc1CC(=O)NN(C)C)OCCO2. The fourth-order valence-corrected chi connectivity index (χ4v) is 1.88. The van der Waals surface area contributed by atoms with E-state index in [0.717, 1.165) is 22.6 Å². The number of ether oxygens (including phenoxy) is 2. The highest BCUT2D eigenvalue weighted by molar-refractivity contribution is 5.78. The third-order valence-corrected chi connectivity index (χ3v) is 2.70. The van der Waals surface area contributed by atoms with Crippen molar-refractivity contribution in [1.29, 1.82) is 0 Å². The van der Waals surface area contributed by atoms with Crippen molar-refractivity contribution in [3.05, 3.63) is 23.3 Å². The van der Waals surface area contributed by atoms with Gasteiger partial charge in [0.25, 0.3) is 0 Å². The predicted octanol–water partition coefficient (Wildman–Crippen LogP) is 0.902. The summed E-state index contributed by atoms with van der Waals surface area (Å²) in [7, 11) is 3.57. The number of aryl methyl sites for hydroxylation is 1. The average molecular weight is 250 g/mol. The highest BCUT2D eigenvalue weighted by Gasteiger charge is 2.15. The highest BCUT2D eigenvalue weighted by atomic mass is 16.6. The Bertz CT molecular complexity index is 458. The van der Waals surface area contributed by atoms with Gasteiger partial charge in [0.15, 0.2) is 11.5 Å². The zero-order valence-corrected chi connectivity index (χ0v) is 10.9. The second kappa shape index (κ2) is 5.27. The van der Waals surface area contributed by atoms with Crippen LogP contribution in [0.5, 0.6) is 11.5 Å². The first-order chi connectivity index (χ1) is 8.56. The Kier molecular flexibility index (Phi) is 3.72. The van der Waals surface area contributed by atoms with E-state index in [-0.39, 0.29) is 5.91 Å². The van der Waals surface area contributed by atoms with Crippen molar-refractivity contribution >= 4 is 5.91 Å². The van der Waals surface area contributed by atoms with E-state index in [4.69, 9.17) is 9.47 Å². The topological polar surface area (TPSA) is 50.8 Å². The number of fused-ring (bicyclic) bond motifs is 1. The molecular formula is C13H18N2O3. The number of nitrogens with one attached hydrogen (secondary N) is 1. The highest BCUT2D eigenvalue weighted by Crippen LogP contribution is 2.33. The van der Waals surface area contributed by atoms with Crippen molar-refractivity contribution in [1.82, 2.24) is 10.4 Å². The van der Waals surface area contributed by atoms with Crippen LogP contribution in [0, 0.1) is 6.92 Å². The Hall–Kier alpha value is -1.75. The Morgan fingerprint density at radius 2 is 1.89 bits per heavy atom. The number of benzene rings is 1. The number of hydrazine groups is 1. The molecule has 0 unspecified atom stereocenters. The molecule has 5 heteroatoms. The third kappa shape index (κ3) is 2.92. The molecule has 0 spiro atoms. The summed E-state index contributed by atoms with van der Waals surface area (Å²) in [5.41, 5.74) is 4.71. The lowest BCUT2D eigenvalue weighted by Crippen LogP contribution is -2.37. The molecule has 0 fully saturated rings. The van der Waals surface area contributed by atoms with Gasteiger partial charge < -0.3 is 9.47 Å². The molecule has 0 saturated carbocycles. The monoisotopic (exact) mass is 250 g/mol. The van der Waals surface area contributed by atoms with Gasteiger partial charge in [0, 0.05) is 14.1 Å². The first-order valence-corrected chi connectivity index (χ1v) is 5.92. The molecule has 1 amide bonds. The van der Waals surface area contributed by atoms with Gasteiger partial charge in [-0.05, 0) is 30.2 Å². The van der Waals surface area contributed by atoms with Crippen molar-refractivity contribution in [3.8, 4) is 11.5 Å². The number of hydrogen-bond acceptors (Lipinski definition) is 4. The van der Waals surface area contributed by atoms with E-state index in [0.29, 0.717) is 19.6 Å². The molecule has 0 bridgehead atoms. The first-order valence-electron chi connectivity index (χ1n) is 5.92. The number of rotatable bonds is 3. The molecular weight excluding hydrogens is 232 g/mol. The van der Waals surface area contributed by atoms with Crippen LogP contribution in [0.25, 0.3) is 0 Å². The Balaban J connectivity index is 2.15. The van der Waals surface area contributed by atoms with E-state index in [9.17, 15) is 4.79 Å². The molecule has 0 radical (unpaired) electrons. The van der Waals surface area contributed by atoms with Gasteiger partial charge in [-0.3, -0.25) is 10.2 Å². The van der Waals surface area contributed by atoms with Crippen molar-refractivity contribution in [2.75, 3.05) is 27.3 Å². The fourth-order valence-electron chi connectivity index (χ4n) is 1.88. The molecule has 0 aromatic heterocycles. The van der Waals surface area contributed by atoms with Gasteiger partial charge >= 0.3 is 0 Å². The van der Waals surface area contributed by atoms with Crippen molar-refractivity contribution in [3.63, 3.8) is 0 Å². The zero-order chi connectivity index (χ0) is 13.1. The van der Waals surface area contributed by atoms with Gasteiger partial charge in [-0.25, -0.2) is 5.01 Å². The maximum absolute atomic E-state index is 11.7. The van der Waals surface area contributed by atoms with E-state index in [2.05, 4.69) is 5.43 Å². The van der Waals surface area contributed by atoms with Gasteiger partial charge in [0.05, 0.1) is 6.42 Å². The Morgan fingerprint density at radius 3 is 2.50 bits per heavy atom. The van der Waals surface area contributed by atoms with E-state index in [1.54, 1.807) is 19.1 Å². The second-order valence-corrected chi connectivity index (χ2v) is 4.53. The van der Waals surface area contributed by atoms with Gasteiger partial charge in [-0.2, -0.15) is 0 Å². The average Bonchev–Trinajstić information content (AvgIpc) is 2.29. The summed E-state index contributed by atoms with van der Waals surface area (Å²) in [6.07, 6.45) is 0.334. The van der Waals surface area contributed by atoms with Crippen LogP contribution in [0.3, 0.4) is 0 Å². The maximum Gasteiger partial charge on any atom is 0.238 e. The lowest BCUT2D eigenvalue weighted by Gasteiger charge is -2.20. The smallest absolute Gasteiger partial charge is 0.238 e. The molecule has 98 valence electrons. The minimum atomic E-state index is -0.0419. The van der Waals surface area contributed by atoms with Gasteiger partial charge in [-0.15, -0.1) is 0 Å². The van der Waals surface area contributed by atoms with E-state index in [1.807, 2.05) is 19.1 Å². The maximum atomic E-state index is 11.7. The molecule has 5 nitrogen and oxygen atoms in total. The standard InChI is InChI=1S/C13H18N2O3/c1-9-6-11-12(18-5-4-17-11)7-10(9)8-13(16)14-15(2)3/h6-7H,4-5,8H2,1-3H3,(H,14,16). The Morgan fingerprint density at radius 1 is 1.28 bits per heavy atom. The summed E-state index contributed by atoms with van der Waals surface area (Å²) in [5, 5.41) is 1.63. The quantitative estimate of drug-likeness (QED) is 0.810. The summed E-state index contributed by atoms with van der Waals surface area (Å²) < 4.78 is 11.0. The van der Waals surface area contributed by atoms with E-state index < -0.39 is 0 Å². The summed E-state index contributed by atoms with van der Waals surface area (Å²) >= 11 is 0.